The first-order chi connectivity index (χ1) is 15.0. The molecule has 1 aliphatic heterocycles. The third-order valence-electron chi connectivity index (χ3n) is 5.36. The van der Waals surface area contributed by atoms with E-state index in [0.29, 0.717) is 23.5 Å². The minimum absolute atomic E-state index is 0.0819. The van der Waals surface area contributed by atoms with Crippen LogP contribution in [0, 0.1) is 0 Å². The normalized spacial score (nSPS) is 14.1. The number of nitrogens with zero attached hydrogens (tertiary/aromatic N) is 1. The molecule has 0 spiro atoms. The smallest absolute Gasteiger partial charge is 0.323 e. The Kier molecular flexibility index (Phi) is 7.76. The second-order valence-electron chi connectivity index (χ2n) is 7.75. The number of carbonyl (C=O) groups excluding carboxylic acids is 2. The second kappa shape index (κ2) is 10.7. The molecular formula is C24H32N4O3. The lowest BCUT2D eigenvalue weighted by molar-refractivity contribution is 0.0939. The molecule has 0 unspecified atom stereocenters. The largest absolute Gasteiger partial charge is 0.494 e. The first-order valence-electron chi connectivity index (χ1n) is 11.0. The lowest BCUT2D eigenvalue weighted by Crippen LogP contribution is -2.33. The summed E-state index contributed by atoms with van der Waals surface area (Å²) >= 11 is 0. The highest BCUT2D eigenvalue weighted by Crippen LogP contribution is 2.28. The summed E-state index contributed by atoms with van der Waals surface area (Å²) in [7, 11) is 0. The molecule has 1 fully saturated rings. The topological polar surface area (TPSA) is 82.7 Å². The van der Waals surface area contributed by atoms with E-state index in [-0.39, 0.29) is 18.0 Å². The molecule has 0 aliphatic carbocycles. The molecule has 3 amide bonds. The molecule has 1 saturated heterocycles. The molecule has 1 heterocycles. The summed E-state index contributed by atoms with van der Waals surface area (Å²) in [4.78, 5) is 27.6. The van der Waals surface area contributed by atoms with Crippen LogP contribution in [0.2, 0.25) is 0 Å². The zero-order valence-corrected chi connectivity index (χ0v) is 18.5. The molecule has 3 N–H and O–H groups in total. The first kappa shape index (κ1) is 22.5. The van der Waals surface area contributed by atoms with E-state index in [1.165, 1.54) is 0 Å². The van der Waals surface area contributed by atoms with Crippen molar-refractivity contribution in [3.63, 3.8) is 0 Å². The van der Waals surface area contributed by atoms with E-state index in [0.717, 1.165) is 43.8 Å². The molecule has 1 aliphatic rings. The highest BCUT2D eigenvalue weighted by molar-refractivity contribution is 6.04. The minimum Gasteiger partial charge on any atom is -0.494 e. The molecule has 7 nitrogen and oxygen atoms in total. The van der Waals surface area contributed by atoms with Gasteiger partial charge in [0.1, 0.15) is 5.75 Å². The quantitative estimate of drug-likeness (QED) is 0.565. The van der Waals surface area contributed by atoms with E-state index in [1.54, 1.807) is 30.3 Å². The predicted octanol–water partition coefficient (Wildman–Crippen LogP) is 4.86. The van der Waals surface area contributed by atoms with E-state index in [4.69, 9.17) is 4.74 Å². The molecule has 0 radical (unpaired) electrons. The number of urea groups is 1. The van der Waals surface area contributed by atoms with Crippen LogP contribution >= 0.6 is 0 Å². The van der Waals surface area contributed by atoms with Gasteiger partial charge < -0.3 is 25.6 Å². The number of anilines is 3. The maximum atomic E-state index is 12.9. The van der Waals surface area contributed by atoms with Crippen LogP contribution in [0.15, 0.2) is 42.5 Å². The monoisotopic (exact) mass is 424 g/mol. The SMILES string of the molecule is CCOc1ccc(NC(=O)Nc2ccc(N3CCCC3)c(C(=O)N[C@H](C)CC)c2)cc1. The predicted molar refractivity (Wildman–Crippen MR) is 125 cm³/mol. The fourth-order valence-electron chi connectivity index (χ4n) is 3.53. The van der Waals surface area contributed by atoms with Crippen LogP contribution in [0.5, 0.6) is 5.75 Å². The van der Waals surface area contributed by atoms with Crippen LogP contribution < -0.4 is 25.6 Å². The van der Waals surface area contributed by atoms with Crippen molar-refractivity contribution in [1.82, 2.24) is 5.32 Å². The van der Waals surface area contributed by atoms with Gasteiger partial charge in [0, 0.05) is 36.2 Å². The zero-order chi connectivity index (χ0) is 22.2. The van der Waals surface area contributed by atoms with Crippen LogP contribution in [-0.4, -0.2) is 37.7 Å². The van der Waals surface area contributed by atoms with Crippen molar-refractivity contribution in [2.24, 2.45) is 0 Å². The average Bonchev–Trinajstić information content (AvgIpc) is 3.30. The van der Waals surface area contributed by atoms with Crippen molar-refractivity contribution in [2.45, 2.75) is 46.1 Å². The van der Waals surface area contributed by atoms with Crippen molar-refractivity contribution in [3.05, 3.63) is 48.0 Å². The Hall–Kier alpha value is -3.22. The van der Waals surface area contributed by atoms with Crippen LogP contribution in [-0.2, 0) is 0 Å². The zero-order valence-electron chi connectivity index (χ0n) is 18.5. The second-order valence-corrected chi connectivity index (χ2v) is 7.75. The summed E-state index contributed by atoms with van der Waals surface area (Å²) in [5.41, 5.74) is 2.72. The van der Waals surface area contributed by atoms with Crippen molar-refractivity contribution in [1.29, 1.82) is 0 Å². The van der Waals surface area contributed by atoms with Crippen LogP contribution in [0.3, 0.4) is 0 Å². The van der Waals surface area contributed by atoms with Gasteiger partial charge in [-0.05, 0) is 75.6 Å². The van der Waals surface area contributed by atoms with E-state index in [2.05, 4.69) is 20.9 Å². The molecule has 0 saturated carbocycles. The Labute approximate surface area is 184 Å². The molecule has 2 aromatic rings. The lowest BCUT2D eigenvalue weighted by Gasteiger charge is -2.23. The van der Waals surface area contributed by atoms with Gasteiger partial charge in [-0.3, -0.25) is 4.79 Å². The van der Waals surface area contributed by atoms with E-state index in [1.807, 2.05) is 32.9 Å². The molecule has 166 valence electrons. The summed E-state index contributed by atoms with van der Waals surface area (Å²) < 4.78 is 5.42. The number of rotatable bonds is 8. The minimum atomic E-state index is -0.369. The molecule has 7 heteroatoms. The van der Waals surface area contributed by atoms with Gasteiger partial charge in [-0.2, -0.15) is 0 Å². The Bertz CT molecular complexity index is 892. The molecule has 0 aromatic heterocycles. The van der Waals surface area contributed by atoms with Crippen molar-refractivity contribution in [2.75, 3.05) is 35.2 Å². The summed E-state index contributed by atoms with van der Waals surface area (Å²) in [6, 6.07) is 12.4. The van der Waals surface area contributed by atoms with Crippen LogP contribution in [0.4, 0.5) is 21.9 Å². The Balaban J connectivity index is 1.73. The fourth-order valence-corrected chi connectivity index (χ4v) is 3.53. The first-order valence-corrected chi connectivity index (χ1v) is 11.0. The number of ether oxygens (including phenoxy) is 1. The van der Waals surface area contributed by atoms with Gasteiger partial charge in [0.05, 0.1) is 12.2 Å². The standard InChI is InChI=1S/C24H32N4O3/c1-4-17(3)25-23(29)21-16-19(10-13-22(21)28-14-6-7-15-28)27-24(30)26-18-8-11-20(12-9-18)31-5-2/h8-13,16-17H,4-7,14-15H2,1-3H3,(H,25,29)(H2,26,27,30)/t17-/m1/s1. The molecule has 1 atom stereocenters. The van der Waals surface area contributed by atoms with Crippen molar-refractivity contribution < 1.29 is 14.3 Å². The lowest BCUT2D eigenvalue weighted by atomic mass is 10.1. The van der Waals surface area contributed by atoms with Gasteiger partial charge in [-0.1, -0.05) is 6.92 Å². The third kappa shape index (κ3) is 6.13. The maximum absolute atomic E-state index is 12.9. The van der Waals surface area contributed by atoms with Gasteiger partial charge in [0.15, 0.2) is 0 Å². The van der Waals surface area contributed by atoms with E-state index >= 15 is 0 Å². The van der Waals surface area contributed by atoms with Crippen LogP contribution in [0.1, 0.15) is 50.4 Å². The van der Waals surface area contributed by atoms with Crippen molar-refractivity contribution in [3.8, 4) is 5.75 Å². The summed E-state index contributed by atoms with van der Waals surface area (Å²) in [5.74, 6) is 0.634. The highest BCUT2D eigenvalue weighted by Gasteiger charge is 2.21. The number of hydrogen-bond donors (Lipinski definition) is 3. The van der Waals surface area contributed by atoms with Crippen LogP contribution in [0.25, 0.3) is 0 Å². The van der Waals surface area contributed by atoms with Crippen molar-refractivity contribution >= 4 is 29.0 Å². The van der Waals surface area contributed by atoms with Gasteiger partial charge in [0.2, 0.25) is 0 Å². The molecule has 2 aromatic carbocycles. The van der Waals surface area contributed by atoms with E-state index < -0.39 is 0 Å². The molecular weight excluding hydrogens is 392 g/mol. The number of carbonyl (C=O) groups is 2. The van der Waals surface area contributed by atoms with Gasteiger partial charge >= 0.3 is 6.03 Å². The number of hydrogen-bond acceptors (Lipinski definition) is 4. The van der Waals surface area contributed by atoms with Gasteiger partial charge in [-0.15, -0.1) is 0 Å². The van der Waals surface area contributed by atoms with Gasteiger partial charge in [0.25, 0.3) is 5.91 Å². The van der Waals surface area contributed by atoms with Gasteiger partial charge in [-0.25, -0.2) is 4.79 Å². The molecule has 0 bridgehead atoms. The maximum Gasteiger partial charge on any atom is 0.323 e. The summed E-state index contributed by atoms with van der Waals surface area (Å²) in [6.45, 7) is 8.41. The number of nitrogens with one attached hydrogen (secondary N) is 3. The summed E-state index contributed by atoms with van der Waals surface area (Å²) in [6.07, 6.45) is 3.10. The third-order valence-corrected chi connectivity index (χ3v) is 5.36. The Morgan fingerprint density at radius 1 is 1.00 bits per heavy atom. The molecule has 31 heavy (non-hydrogen) atoms. The number of benzene rings is 2. The molecule has 3 rings (SSSR count). The Morgan fingerprint density at radius 2 is 1.65 bits per heavy atom. The van der Waals surface area contributed by atoms with E-state index in [9.17, 15) is 9.59 Å². The average molecular weight is 425 g/mol. The Morgan fingerprint density at radius 3 is 2.29 bits per heavy atom. The fraction of sp³-hybridized carbons (Fsp3) is 0.417. The highest BCUT2D eigenvalue weighted by atomic mass is 16.5. The number of amides is 3. The summed E-state index contributed by atoms with van der Waals surface area (Å²) in [5, 5.41) is 8.67.